The van der Waals surface area contributed by atoms with Crippen LogP contribution in [0.3, 0.4) is 0 Å². The van der Waals surface area contributed by atoms with Crippen LogP contribution in [0.2, 0.25) is 10.0 Å². The zero-order valence-corrected chi connectivity index (χ0v) is 17.7. The van der Waals surface area contributed by atoms with Crippen molar-refractivity contribution in [3.63, 3.8) is 0 Å². The van der Waals surface area contributed by atoms with Gasteiger partial charge in [0, 0.05) is 18.2 Å². The van der Waals surface area contributed by atoms with E-state index >= 15 is 0 Å². The van der Waals surface area contributed by atoms with Crippen LogP contribution in [0.4, 0.5) is 0 Å². The van der Waals surface area contributed by atoms with Crippen molar-refractivity contribution in [3.8, 4) is 11.4 Å². The first-order valence-corrected chi connectivity index (χ1v) is 11.1. The zero-order valence-electron chi connectivity index (χ0n) is 15.4. The third-order valence-corrected chi connectivity index (χ3v) is 6.47. The van der Waals surface area contributed by atoms with Crippen molar-refractivity contribution < 1.29 is 4.79 Å². The van der Waals surface area contributed by atoms with Crippen LogP contribution < -0.4 is 5.32 Å². The number of aromatic nitrogens is 3. The Hall–Kier alpha value is -1.24. The molecule has 1 heterocycles. The van der Waals surface area contributed by atoms with Gasteiger partial charge in [0.15, 0.2) is 11.0 Å². The molecule has 1 amide bonds. The lowest BCUT2D eigenvalue weighted by Gasteiger charge is -2.16. The van der Waals surface area contributed by atoms with Crippen molar-refractivity contribution in [2.24, 2.45) is 0 Å². The summed E-state index contributed by atoms with van der Waals surface area (Å²) >= 11 is 13.5. The third kappa shape index (κ3) is 5.39. The van der Waals surface area contributed by atoms with Gasteiger partial charge in [-0.25, -0.2) is 0 Å². The molecule has 0 aliphatic heterocycles. The molecule has 0 radical (unpaired) electrons. The molecule has 0 atom stereocenters. The summed E-state index contributed by atoms with van der Waals surface area (Å²) in [7, 11) is 0. The number of hydrogen-bond acceptors (Lipinski definition) is 4. The summed E-state index contributed by atoms with van der Waals surface area (Å²) in [6.07, 6.45) is 7.13. The van der Waals surface area contributed by atoms with Gasteiger partial charge in [-0.05, 0) is 38.0 Å². The Labute approximate surface area is 174 Å². The van der Waals surface area contributed by atoms with Crippen LogP contribution in [-0.4, -0.2) is 32.5 Å². The molecule has 1 aliphatic carbocycles. The maximum atomic E-state index is 12.3. The Balaban J connectivity index is 1.64. The summed E-state index contributed by atoms with van der Waals surface area (Å²) in [6, 6.07) is 5.72. The van der Waals surface area contributed by atoms with E-state index in [0.29, 0.717) is 28.4 Å². The van der Waals surface area contributed by atoms with Crippen LogP contribution in [0.5, 0.6) is 0 Å². The summed E-state index contributed by atoms with van der Waals surface area (Å²) < 4.78 is 1.99. The highest BCUT2D eigenvalue weighted by Gasteiger charge is 2.18. The van der Waals surface area contributed by atoms with Gasteiger partial charge in [0.1, 0.15) is 0 Å². The molecule has 1 aromatic heterocycles. The maximum Gasteiger partial charge on any atom is 0.230 e. The van der Waals surface area contributed by atoms with E-state index in [1.807, 2.05) is 17.6 Å². The van der Waals surface area contributed by atoms with Crippen LogP contribution in [0.25, 0.3) is 11.4 Å². The average Bonchev–Trinajstić information content (AvgIpc) is 2.90. The van der Waals surface area contributed by atoms with E-state index in [1.165, 1.54) is 37.4 Å². The van der Waals surface area contributed by atoms with Crippen molar-refractivity contribution in [3.05, 3.63) is 28.2 Å². The highest BCUT2D eigenvalue weighted by atomic mass is 35.5. The van der Waals surface area contributed by atoms with Gasteiger partial charge in [-0.1, -0.05) is 60.6 Å². The molecular formula is C19H24Cl2N4OS. The van der Waals surface area contributed by atoms with Gasteiger partial charge >= 0.3 is 0 Å². The average molecular weight is 427 g/mol. The minimum atomic E-state index is 0.0636. The number of benzene rings is 1. The van der Waals surface area contributed by atoms with Gasteiger partial charge in [0.25, 0.3) is 0 Å². The Morgan fingerprint density at radius 2 is 1.93 bits per heavy atom. The highest BCUT2D eigenvalue weighted by molar-refractivity contribution is 7.99. The van der Waals surface area contributed by atoms with Gasteiger partial charge < -0.3 is 9.88 Å². The Kier molecular flexibility index (Phi) is 7.44. The minimum absolute atomic E-state index is 0.0636. The number of carbonyl (C=O) groups excluding carboxylic acids is 1. The molecule has 0 unspecified atom stereocenters. The van der Waals surface area contributed by atoms with Crippen molar-refractivity contribution in [2.75, 3.05) is 5.75 Å². The fraction of sp³-hybridized carbons (Fsp3) is 0.526. The van der Waals surface area contributed by atoms with Crippen LogP contribution in [-0.2, 0) is 11.3 Å². The molecule has 1 saturated carbocycles. The van der Waals surface area contributed by atoms with E-state index in [0.717, 1.165) is 29.4 Å². The Morgan fingerprint density at radius 1 is 1.19 bits per heavy atom. The summed E-state index contributed by atoms with van der Waals surface area (Å²) in [4.78, 5) is 12.3. The summed E-state index contributed by atoms with van der Waals surface area (Å²) in [6.45, 7) is 2.73. The molecular weight excluding hydrogens is 403 g/mol. The predicted molar refractivity (Wildman–Crippen MR) is 112 cm³/mol. The van der Waals surface area contributed by atoms with Crippen LogP contribution >= 0.6 is 35.0 Å². The second-order valence-corrected chi connectivity index (χ2v) is 8.48. The number of amides is 1. The molecule has 3 rings (SSSR count). The number of thioether (sulfide) groups is 1. The first-order valence-electron chi connectivity index (χ1n) is 9.39. The Morgan fingerprint density at radius 3 is 2.59 bits per heavy atom. The van der Waals surface area contributed by atoms with E-state index < -0.39 is 0 Å². The van der Waals surface area contributed by atoms with E-state index in [2.05, 4.69) is 15.5 Å². The number of nitrogens with zero attached hydrogens (tertiary/aromatic N) is 3. The molecule has 146 valence electrons. The number of carbonyl (C=O) groups is 1. The van der Waals surface area contributed by atoms with Gasteiger partial charge in [0.05, 0.1) is 15.8 Å². The number of rotatable bonds is 6. The van der Waals surface area contributed by atoms with Gasteiger partial charge in [0.2, 0.25) is 5.91 Å². The molecule has 0 bridgehead atoms. The lowest BCUT2D eigenvalue weighted by molar-refractivity contribution is -0.119. The predicted octanol–water partition coefficient (Wildman–Crippen LogP) is 5.20. The quantitative estimate of drug-likeness (QED) is 0.508. The molecule has 1 fully saturated rings. The fourth-order valence-electron chi connectivity index (χ4n) is 3.35. The maximum absolute atomic E-state index is 12.3. The smallest absolute Gasteiger partial charge is 0.230 e. The molecule has 0 saturated heterocycles. The van der Waals surface area contributed by atoms with Crippen molar-refractivity contribution in [2.45, 2.75) is 63.2 Å². The SMILES string of the molecule is CCn1c(SCC(=O)NC2CCCCCC2)nnc1-c1ccc(Cl)c(Cl)c1. The largest absolute Gasteiger partial charge is 0.353 e. The normalized spacial score (nSPS) is 15.5. The standard InChI is InChI=1S/C19H24Cl2N4OS/c1-2-25-18(13-9-10-15(20)16(21)11-13)23-24-19(25)27-12-17(26)22-14-7-5-3-4-6-8-14/h9-11,14H,2-8,12H2,1H3,(H,22,26). The molecule has 1 aliphatic rings. The molecule has 8 heteroatoms. The molecule has 27 heavy (non-hydrogen) atoms. The first-order chi connectivity index (χ1) is 13.1. The van der Waals surface area contributed by atoms with Gasteiger partial charge in [-0.2, -0.15) is 0 Å². The van der Waals surface area contributed by atoms with Crippen LogP contribution in [0.1, 0.15) is 45.4 Å². The van der Waals surface area contributed by atoms with Crippen LogP contribution in [0.15, 0.2) is 23.4 Å². The first kappa shape index (κ1) is 20.5. The highest BCUT2D eigenvalue weighted by Crippen LogP contribution is 2.29. The monoisotopic (exact) mass is 426 g/mol. The fourth-order valence-corrected chi connectivity index (χ4v) is 4.46. The molecule has 1 N–H and O–H groups in total. The minimum Gasteiger partial charge on any atom is -0.353 e. The van der Waals surface area contributed by atoms with Crippen molar-refractivity contribution in [1.29, 1.82) is 0 Å². The number of halogens is 2. The molecule has 2 aromatic rings. The molecule has 5 nitrogen and oxygen atoms in total. The van der Waals surface area contributed by atoms with E-state index in [9.17, 15) is 4.79 Å². The lowest BCUT2D eigenvalue weighted by Crippen LogP contribution is -2.35. The van der Waals surface area contributed by atoms with E-state index in [1.54, 1.807) is 12.1 Å². The number of hydrogen-bond donors (Lipinski definition) is 1. The van der Waals surface area contributed by atoms with Crippen LogP contribution in [0, 0.1) is 0 Å². The summed E-state index contributed by atoms with van der Waals surface area (Å²) in [5, 5.41) is 13.5. The second kappa shape index (κ2) is 9.80. The second-order valence-electron chi connectivity index (χ2n) is 6.72. The topological polar surface area (TPSA) is 59.8 Å². The summed E-state index contributed by atoms with van der Waals surface area (Å²) in [5.74, 6) is 1.13. The van der Waals surface area contributed by atoms with Crippen molar-refractivity contribution >= 4 is 40.9 Å². The van der Waals surface area contributed by atoms with Crippen molar-refractivity contribution in [1.82, 2.24) is 20.1 Å². The van der Waals surface area contributed by atoms with E-state index in [4.69, 9.17) is 23.2 Å². The lowest BCUT2D eigenvalue weighted by atomic mass is 10.1. The summed E-state index contributed by atoms with van der Waals surface area (Å²) in [5.41, 5.74) is 0.855. The molecule has 0 spiro atoms. The third-order valence-electron chi connectivity index (χ3n) is 4.76. The van der Waals surface area contributed by atoms with Gasteiger partial charge in [-0.3, -0.25) is 4.79 Å². The molecule has 1 aromatic carbocycles. The van der Waals surface area contributed by atoms with Gasteiger partial charge in [-0.15, -0.1) is 10.2 Å². The van der Waals surface area contributed by atoms with E-state index in [-0.39, 0.29) is 5.91 Å². The zero-order chi connectivity index (χ0) is 19.2. The number of nitrogens with one attached hydrogen (secondary N) is 1. The Bertz CT molecular complexity index is 788.